The third kappa shape index (κ3) is 6.74. The van der Waals surface area contributed by atoms with Gasteiger partial charge < -0.3 is 20.8 Å². The van der Waals surface area contributed by atoms with E-state index >= 15 is 0 Å². The molecule has 158 valence electrons. The maximum atomic E-state index is 11.4. The maximum absolute atomic E-state index is 11.4. The van der Waals surface area contributed by atoms with Gasteiger partial charge in [-0.1, -0.05) is 12.1 Å². The van der Waals surface area contributed by atoms with Crippen molar-refractivity contribution >= 4 is 35.8 Å². The lowest BCUT2D eigenvalue weighted by Gasteiger charge is -2.26. The molecule has 3 rings (SSSR count). The fraction of sp³-hybridized carbons (Fsp3) is 0.429. The van der Waals surface area contributed by atoms with Gasteiger partial charge in [0.05, 0.1) is 18.8 Å². The van der Waals surface area contributed by atoms with Crippen LogP contribution in [-0.2, 0) is 6.54 Å². The quantitative estimate of drug-likeness (QED) is 0.288. The molecule has 1 aromatic heterocycles. The van der Waals surface area contributed by atoms with Crippen LogP contribution in [0, 0.1) is 0 Å². The summed E-state index contributed by atoms with van der Waals surface area (Å²) in [5.74, 6) is 1.28. The minimum atomic E-state index is -0.428. The molecule has 1 aromatic carbocycles. The molecule has 0 aliphatic carbocycles. The fourth-order valence-electron chi connectivity index (χ4n) is 3.47. The summed E-state index contributed by atoms with van der Waals surface area (Å²) in [7, 11) is 0. The molecule has 1 aliphatic rings. The second-order valence-electron chi connectivity index (χ2n) is 6.91. The standard InChI is InChI=1S/C21H29N5O2.HI/c1-2-23-21(24-14-16-7-5-8-17(13-16)20(22)27)25-15-18(19-9-6-12-28-19)26-10-3-4-11-26;/h5-9,12-13,18H,2-4,10-11,14-15H2,1H3,(H2,22,27)(H2,23,24,25);1H. The highest BCUT2D eigenvalue weighted by atomic mass is 127. The Kier molecular flexibility index (Phi) is 9.46. The molecule has 4 N–H and O–H groups in total. The molecular weight excluding hydrogens is 481 g/mol. The predicted molar refractivity (Wildman–Crippen MR) is 125 cm³/mol. The number of hydrogen-bond acceptors (Lipinski definition) is 4. The van der Waals surface area contributed by atoms with Gasteiger partial charge in [0.25, 0.3) is 0 Å². The molecule has 1 unspecified atom stereocenters. The smallest absolute Gasteiger partial charge is 0.248 e. The maximum Gasteiger partial charge on any atom is 0.248 e. The lowest BCUT2D eigenvalue weighted by molar-refractivity contribution is 0.1000. The van der Waals surface area contributed by atoms with Gasteiger partial charge in [0, 0.05) is 18.7 Å². The minimum absolute atomic E-state index is 0. The van der Waals surface area contributed by atoms with Crippen LogP contribution in [-0.4, -0.2) is 42.9 Å². The van der Waals surface area contributed by atoms with E-state index in [4.69, 9.17) is 10.2 Å². The van der Waals surface area contributed by atoms with E-state index in [0.29, 0.717) is 18.7 Å². The Hall–Kier alpha value is -2.07. The van der Waals surface area contributed by atoms with Gasteiger partial charge >= 0.3 is 0 Å². The van der Waals surface area contributed by atoms with Crippen molar-refractivity contribution in [2.45, 2.75) is 32.4 Å². The first kappa shape index (κ1) is 23.2. The zero-order valence-corrected chi connectivity index (χ0v) is 19.1. The van der Waals surface area contributed by atoms with Crippen molar-refractivity contribution in [3.05, 3.63) is 59.5 Å². The molecule has 1 aliphatic heterocycles. The molecule has 0 saturated carbocycles. The first-order valence-corrected chi connectivity index (χ1v) is 9.85. The number of aliphatic imine (C=N–C) groups is 1. The van der Waals surface area contributed by atoms with Crippen LogP contribution in [0.3, 0.4) is 0 Å². The summed E-state index contributed by atoms with van der Waals surface area (Å²) in [5, 5.41) is 6.72. The van der Waals surface area contributed by atoms with Gasteiger partial charge in [0.2, 0.25) is 5.91 Å². The van der Waals surface area contributed by atoms with Crippen molar-refractivity contribution in [3.8, 4) is 0 Å². The number of likely N-dealkylation sites (tertiary alicyclic amines) is 1. The van der Waals surface area contributed by atoms with Crippen molar-refractivity contribution in [1.29, 1.82) is 0 Å². The van der Waals surface area contributed by atoms with E-state index in [2.05, 4.69) is 20.5 Å². The zero-order chi connectivity index (χ0) is 19.8. The summed E-state index contributed by atoms with van der Waals surface area (Å²) in [6.07, 6.45) is 4.17. The van der Waals surface area contributed by atoms with Crippen LogP contribution in [0.5, 0.6) is 0 Å². The fourth-order valence-corrected chi connectivity index (χ4v) is 3.47. The topological polar surface area (TPSA) is 95.9 Å². The lowest BCUT2D eigenvalue weighted by Crippen LogP contribution is -2.42. The van der Waals surface area contributed by atoms with Crippen molar-refractivity contribution in [2.75, 3.05) is 26.2 Å². The lowest BCUT2D eigenvalue weighted by atomic mass is 10.1. The Balaban J connectivity index is 0.00000300. The Morgan fingerprint density at radius 3 is 2.69 bits per heavy atom. The van der Waals surface area contributed by atoms with Crippen LogP contribution >= 0.6 is 24.0 Å². The summed E-state index contributed by atoms with van der Waals surface area (Å²) >= 11 is 0. The molecule has 0 bridgehead atoms. The van der Waals surface area contributed by atoms with Crippen LogP contribution in [0.15, 0.2) is 52.1 Å². The number of nitrogens with zero attached hydrogens (tertiary/aromatic N) is 2. The second kappa shape index (κ2) is 11.8. The first-order valence-electron chi connectivity index (χ1n) is 9.85. The molecule has 29 heavy (non-hydrogen) atoms. The third-order valence-electron chi connectivity index (χ3n) is 4.89. The number of primary amides is 1. The molecule has 8 heteroatoms. The number of carbonyl (C=O) groups excluding carboxylic acids is 1. The largest absolute Gasteiger partial charge is 0.468 e. The van der Waals surface area contributed by atoms with Gasteiger partial charge in [-0.05, 0) is 62.7 Å². The van der Waals surface area contributed by atoms with Crippen LogP contribution in [0.1, 0.15) is 47.5 Å². The summed E-state index contributed by atoms with van der Waals surface area (Å²) < 4.78 is 5.68. The Morgan fingerprint density at radius 1 is 1.24 bits per heavy atom. The molecule has 0 radical (unpaired) electrons. The van der Waals surface area contributed by atoms with Crippen LogP contribution in [0.2, 0.25) is 0 Å². The van der Waals surface area contributed by atoms with Crippen molar-refractivity contribution in [2.24, 2.45) is 10.7 Å². The predicted octanol–water partition coefficient (Wildman–Crippen LogP) is 2.89. The Labute approximate surface area is 189 Å². The number of nitrogens with one attached hydrogen (secondary N) is 2. The van der Waals surface area contributed by atoms with Crippen molar-refractivity contribution in [3.63, 3.8) is 0 Å². The summed E-state index contributed by atoms with van der Waals surface area (Å²) in [5.41, 5.74) is 6.80. The molecular formula is C21H30IN5O2. The van der Waals surface area contributed by atoms with Gasteiger partial charge in [0.1, 0.15) is 5.76 Å². The molecule has 1 atom stereocenters. The molecule has 0 spiro atoms. The van der Waals surface area contributed by atoms with Gasteiger partial charge in [-0.2, -0.15) is 0 Å². The van der Waals surface area contributed by atoms with Crippen LogP contribution in [0.4, 0.5) is 0 Å². The molecule has 2 heterocycles. The number of halogens is 1. The van der Waals surface area contributed by atoms with E-state index in [-0.39, 0.29) is 30.0 Å². The minimum Gasteiger partial charge on any atom is -0.468 e. The molecule has 7 nitrogen and oxygen atoms in total. The number of guanidine groups is 1. The Morgan fingerprint density at radius 2 is 2.03 bits per heavy atom. The third-order valence-corrected chi connectivity index (χ3v) is 4.89. The zero-order valence-electron chi connectivity index (χ0n) is 16.8. The summed E-state index contributed by atoms with van der Waals surface area (Å²) in [6.45, 7) is 6.14. The second-order valence-corrected chi connectivity index (χ2v) is 6.91. The number of benzene rings is 1. The van der Waals surface area contributed by atoms with Crippen LogP contribution in [0.25, 0.3) is 0 Å². The number of amides is 1. The number of carbonyl (C=O) groups is 1. The normalized spacial score (nSPS) is 15.6. The SMILES string of the molecule is CCNC(=NCc1cccc(C(N)=O)c1)NCC(c1ccco1)N1CCCC1.I. The number of hydrogen-bond donors (Lipinski definition) is 3. The number of rotatable bonds is 8. The van der Waals surface area contributed by atoms with Crippen molar-refractivity contribution < 1.29 is 9.21 Å². The summed E-state index contributed by atoms with van der Waals surface area (Å²) in [6, 6.07) is 11.4. The average Bonchev–Trinajstić information content (AvgIpc) is 3.41. The number of furan rings is 1. The number of nitrogens with two attached hydrogens (primary N) is 1. The van der Waals surface area contributed by atoms with Gasteiger partial charge in [0.15, 0.2) is 5.96 Å². The molecule has 1 amide bonds. The highest BCUT2D eigenvalue weighted by Gasteiger charge is 2.25. The molecule has 1 fully saturated rings. The summed E-state index contributed by atoms with van der Waals surface area (Å²) in [4.78, 5) is 18.5. The van der Waals surface area contributed by atoms with E-state index in [1.54, 1.807) is 18.4 Å². The van der Waals surface area contributed by atoms with E-state index in [0.717, 1.165) is 36.9 Å². The van der Waals surface area contributed by atoms with Gasteiger partial charge in [-0.15, -0.1) is 24.0 Å². The van der Waals surface area contributed by atoms with Gasteiger partial charge in [-0.25, -0.2) is 4.99 Å². The molecule has 1 saturated heterocycles. The van der Waals surface area contributed by atoms with E-state index < -0.39 is 5.91 Å². The van der Waals surface area contributed by atoms with E-state index in [1.807, 2.05) is 31.2 Å². The van der Waals surface area contributed by atoms with E-state index in [1.165, 1.54) is 12.8 Å². The van der Waals surface area contributed by atoms with Gasteiger partial charge in [-0.3, -0.25) is 9.69 Å². The monoisotopic (exact) mass is 511 g/mol. The highest BCUT2D eigenvalue weighted by molar-refractivity contribution is 14.0. The van der Waals surface area contributed by atoms with Crippen molar-refractivity contribution in [1.82, 2.24) is 15.5 Å². The highest BCUT2D eigenvalue weighted by Crippen LogP contribution is 2.24. The average molecular weight is 511 g/mol. The Bertz CT molecular complexity index is 788. The molecule has 2 aromatic rings. The van der Waals surface area contributed by atoms with Crippen LogP contribution < -0.4 is 16.4 Å². The van der Waals surface area contributed by atoms with E-state index in [9.17, 15) is 4.79 Å². The first-order chi connectivity index (χ1) is 13.7.